The Hall–Kier alpha value is -1.17. The van der Waals surface area contributed by atoms with Crippen LogP contribution in [-0.4, -0.2) is 22.7 Å². The van der Waals surface area contributed by atoms with Crippen LogP contribution in [0.25, 0.3) is 0 Å². The highest BCUT2D eigenvalue weighted by Gasteiger charge is 2.29. The van der Waals surface area contributed by atoms with Crippen LogP contribution in [-0.2, 0) is 0 Å². The van der Waals surface area contributed by atoms with Crippen LogP contribution in [0.5, 0.6) is 0 Å². The first kappa shape index (κ1) is 13.3. The first-order valence-electron chi connectivity index (χ1n) is 5.78. The first-order valence-corrected chi connectivity index (χ1v) is 6.66. The fourth-order valence-corrected chi connectivity index (χ4v) is 2.32. The molecule has 1 N–H and O–H groups in total. The number of aromatic nitrogens is 1. The van der Waals surface area contributed by atoms with Crippen molar-refractivity contribution in [3.05, 3.63) is 23.9 Å². The second-order valence-electron chi connectivity index (χ2n) is 4.33. The van der Waals surface area contributed by atoms with E-state index in [1.165, 1.54) is 12.3 Å². The lowest BCUT2D eigenvalue weighted by molar-refractivity contribution is 0.0932. The minimum absolute atomic E-state index is 0.0768. The van der Waals surface area contributed by atoms with Crippen molar-refractivity contribution in [2.24, 2.45) is 5.92 Å². The predicted octanol–water partition coefficient (Wildman–Crippen LogP) is 2.92. The van der Waals surface area contributed by atoms with Gasteiger partial charge in [-0.3, -0.25) is 4.79 Å². The molecule has 1 aromatic heterocycles. The third-order valence-electron chi connectivity index (χ3n) is 2.90. The summed E-state index contributed by atoms with van der Waals surface area (Å²) in [6, 6.07) is 3.18. The van der Waals surface area contributed by atoms with Gasteiger partial charge in [0.15, 0.2) is 0 Å². The van der Waals surface area contributed by atoms with Crippen molar-refractivity contribution in [3.8, 4) is 0 Å². The molecular formula is C12H14F2N2OS. The van der Waals surface area contributed by atoms with Crippen molar-refractivity contribution >= 4 is 17.7 Å². The van der Waals surface area contributed by atoms with Gasteiger partial charge in [-0.15, -0.1) is 0 Å². The van der Waals surface area contributed by atoms with Crippen LogP contribution >= 0.6 is 11.8 Å². The van der Waals surface area contributed by atoms with E-state index in [0.29, 0.717) is 17.7 Å². The van der Waals surface area contributed by atoms with Crippen LogP contribution in [0.4, 0.5) is 8.78 Å². The summed E-state index contributed by atoms with van der Waals surface area (Å²) in [5.41, 5.74) is 0.218. The molecule has 6 heteroatoms. The largest absolute Gasteiger partial charge is 0.349 e. The zero-order valence-electron chi connectivity index (χ0n) is 9.90. The first-order chi connectivity index (χ1) is 8.58. The summed E-state index contributed by atoms with van der Waals surface area (Å²) in [4.78, 5) is 15.8. The molecular weight excluding hydrogens is 258 g/mol. The number of thioether (sulfide) groups is 1. The summed E-state index contributed by atoms with van der Waals surface area (Å²) < 4.78 is 24.7. The molecule has 1 aromatic rings. The molecule has 0 spiro atoms. The quantitative estimate of drug-likeness (QED) is 0.838. The van der Waals surface area contributed by atoms with Gasteiger partial charge in [-0.1, -0.05) is 0 Å². The molecule has 1 amide bonds. The average Bonchev–Trinajstić information content (AvgIpc) is 3.12. The molecule has 1 saturated carbocycles. The van der Waals surface area contributed by atoms with Gasteiger partial charge in [0, 0.05) is 12.2 Å². The van der Waals surface area contributed by atoms with Gasteiger partial charge < -0.3 is 5.32 Å². The number of nitrogens with zero attached hydrogens (tertiary/aromatic N) is 1. The molecule has 3 nitrogen and oxygen atoms in total. The molecule has 0 radical (unpaired) electrons. The van der Waals surface area contributed by atoms with E-state index in [0.717, 1.165) is 12.8 Å². The number of halogens is 2. The SMILES string of the molecule is CC(NC(=O)c1cccnc1SC(F)F)C1CC1. The Labute approximate surface area is 108 Å². The van der Waals surface area contributed by atoms with Crippen LogP contribution in [0.1, 0.15) is 30.1 Å². The number of nitrogens with one attached hydrogen (secondary N) is 1. The molecule has 18 heavy (non-hydrogen) atoms. The maximum absolute atomic E-state index is 12.4. The molecule has 1 heterocycles. The van der Waals surface area contributed by atoms with Gasteiger partial charge in [0.05, 0.1) is 5.56 Å². The molecule has 0 saturated heterocycles. The van der Waals surface area contributed by atoms with E-state index in [-0.39, 0.29) is 22.5 Å². The predicted molar refractivity (Wildman–Crippen MR) is 65.8 cm³/mol. The topological polar surface area (TPSA) is 42.0 Å². The third kappa shape index (κ3) is 3.41. The molecule has 1 fully saturated rings. The summed E-state index contributed by atoms with van der Waals surface area (Å²) >= 11 is 0.299. The number of carbonyl (C=O) groups is 1. The molecule has 0 bridgehead atoms. The summed E-state index contributed by atoms with van der Waals surface area (Å²) in [6.07, 6.45) is 3.64. The monoisotopic (exact) mass is 272 g/mol. The van der Waals surface area contributed by atoms with E-state index in [2.05, 4.69) is 10.3 Å². The van der Waals surface area contributed by atoms with Crippen molar-refractivity contribution in [1.82, 2.24) is 10.3 Å². The fraction of sp³-hybridized carbons (Fsp3) is 0.500. The van der Waals surface area contributed by atoms with Crippen LogP contribution in [0.3, 0.4) is 0 Å². The minimum Gasteiger partial charge on any atom is -0.349 e. The minimum atomic E-state index is -2.58. The molecule has 0 aliphatic heterocycles. The van der Waals surface area contributed by atoms with E-state index in [1.54, 1.807) is 6.07 Å². The number of hydrogen-bond donors (Lipinski definition) is 1. The summed E-state index contributed by atoms with van der Waals surface area (Å²) in [7, 11) is 0. The molecule has 1 unspecified atom stereocenters. The Morgan fingerprint density at radius 1 is 1.56 bits per heavy atom. The maximum Gasteiger partial charge on any atom is 0.290 e. The van der Waals surface area contributed by atoms with E-state index in [9.17, 15) is 13.6 Å². The number of hydrogen-bond acceptors (Lipinski definition) is 3. The summed E-state index contributed by atoms with van der Waals surface area (Å²) in [5, 5.41) is 2.91. The Bertz CT molecular complexity index is 438. The Kier molecular flexibility index (Phi) is 4.16. The smallest absolute Gasteiger partial charge is 0.290 e. The van der Waals surface area contributed by atoms with Gasteiger partial charge >= 0.3 is 0 Å². The lowest BCUT2D eigenvalue weighted by atomic mass is 10.2. The second kappa shape index (κ2) is 5.65. The highest BCUT2D eigenvalue weighted by atomic mass is 32.2. The molecule has 1 aliphatic rings. The molecule has 1 aliphatic carbocycles. The van der Waals surface area contributed by atoms with Gasteiger partial charge in [-0.25, -0.2) is 4.98 Å². The molecule has 98 valence electrons. The number of rotatable bonds is 5. The van der Waals surface area contributed by atoms with Crippen LogP contribution in [0.15, 0.2) is 23.4 Å². The molecule has 1 atom stereocenters. The van der Waals surface area contributed by atoms with E-state index >= 15 is 0 Å². The van der Waals surface area contributed by atoms with Crippen LogP contribution in [0.2, 0.25) is 0 Å². The highest BCUT2D eigenvalue weighted by Crippen LogP contribution is 2.32. The second-order valence-corrected chi connectivity index (χ2v) is 5.31. The summed E-state index contributed by atoms with van der Waals surface area (Å²) in [6.45, 7) is 1.94. The zero-order valence-corrected chi connectivity index (χ0v) is 10.7. The Morgan fingerprint density at radius 3 is 2.89 bits per heavy atom. The van der Waals surface area contributed by atoms with Crippen LogP contribution < -0.4 is 5.32 Å². The maximum atomic E-state index is 12.4. The highest BCUT2D eigenvalue weighted by molar-refractivity contribution is 7.99. The average molecular weight is 272 g/mol. The lowest BCUT2D eigenvalue weighted by Crippen LogP contribution is -2.34. The van der Waals surface area contributed by atoms with Crippen molar-refractivity contribution in [2.45, 2.75) is 36.6 Å². The van der Waals surface area contributed by atoms with E-state index < -0.39 is 5.76 Å². The Balaban J connectivity index is 2.08. The number of carbonyl (C=O) groups excluding carboxylic acids is 1. The Morgan fingerprint density at radius 2 is 2.28 bits per heavy atom. The lowest BCUT2D eigenvalue weighted by Gasteiger charge is -2.14. The van der Waals surface area contributed by atoms with Crippen molar-refractivity contribution in [3.63, 3.8) is 0 Å². The standard InChI is InChI=1S/C12H14F2N2OS/c1-7(8-4-5-8)16-10(17)9-3-2-6-15-11(9)18-12(13)14/h2-3,6-8,12H,4-5H2,1H3,(H,16,17). The van der Waals surface area contributed by atoms with Gasteiger partial charge in [0.1, 0.15) is 5.03 Å². The molecule has 2 rings (SSSR count). The van der Waals surface area contributed by atoms with Gasteiger partial charge in [0.2, 0.25) is 0 Å². The van der Waals surface area contributed by atoms with Crippen molar-refractivity contribution in [1.29, 1.82) is 0 Å². The number of pyridine rings is 1. The fourth-order valence-electron chi connectivity index (χ4n) is 1.74. The van der Waals surface area contributed by atoms with E-state index in [4.69, 9.17) is 0 Å². The molecule has 0 aromatic carbocycles. The number of alkyl halides is 2. The normalized spacial score (nSPS) is 16.7. The van der Waals surface area contributed by atoms with Gasteiger partial charge in [-0.05, 0) is 49.6 Å². The third-order valence-corrected chi connectivity index (χ3v) is 3.63. The van der Waals surface area contributed by atoms with E-state index in [1.807, 2.05) is 6.92 Å². The van der Waals surface area contributed by atoms with Crippen LogP contribution in [0, 0.1) is 5.92 Å². The van der Waals surface area contributed by atoms with Crippen molar-refractivity contribution in [2.75, 3.05) is 0 Å². The van der Waals surface area contributed by atoms with Gasteiger partial charge in [0.25, 0.3) is 11.7 Å². The van der Waals surface area contributed by atoms with Crippen molar-refractivity contribution < 1.29 is 13.6 Å². The summed E-state index contributed by atoms with van der Waals surface area (Å²) in [5.74, 6) is -2.38. The zero-order chi connectivity index (χ0) is 13.1. The van der Waals surface area contributed by atoms with Gasteiger partial charge in [-0.2, -0.15) is 8.78 Å². The number of amides is 1.